The summed E-state index contributed by atoms with van der Waals surface area (Å²) in [6, 6.07) is 8.92. The summed E-state index contributed by atoms with van der Waals surface area (Å²) in [5.74, 6) is 0. The monoisotopic (exact) mass is 274 g/mol. The van der Waals surface area contributed by atoms with Crippen LogP contribution in [0.4, 0.5) is 0 Å². The van der Waals surface area contributed by atoms with E-state index in [2.05, 4.69) is 55.3 Å². The fourth-order valence-corrected chi connectivity index (χ4v) is 3.48. The molecule has 1 heterocycles. The minimum atomic E-state index is 0.400. The summed E-state index contributed by atoms with van der Waals surface area (Å²) >= 11 is 0. The van der Waals surface area contributed by atoms with Crippen molar-refractivity contribution in [2.45, 2.75) is 46.6 Å². The van der Waals surface area contributed by atoms with E-state index in [0.29, 0.717) is 5.41 Å². The van der Waals surface area contributed by atoms with Crippen LogP contribution in [0.3, 0.4) is 0 Å². The topological polar surface area (TPSA) is 15.3 Å². The summed E-state index contributed by atoms with van der Waals surface area (Å²) in [4.78, 5) is 2.65. The Morgan fingerprint density at radius 1 is 1.20 bits per heavy atom. The van der Waals surface area contributed by atoms with E-state index in [1.54, 1.807) is 5.56 Å². The molecule has 1 aliphatic heterocycles. The van der Waals surface area contributed by atoms with Gasteiger partial charge < -0.3 is 5.32 Å². The van der Waals surface area contributed by atoms with Crippen LogP contribution in [0.5, 0.6) is 0 Å². The highest BCUT2D eigenvalue weighted by Crippen LogP contribution is 2.27. The Balaban J connectivity index is 1.98. The van der Waals surface area contributed by atoms with Crippen molar-refractivity contribution in [1.29, 1.82) is 0 Å². The van der Waals surface area contributed by atoms with E-state index in [4.69, 9.17) is 0 Å². The van der Waals surface area contributed by atoms with Gasteiger partial charge in [-0.1, -0.05) is 51.5 Å². The van der Waals surface area contributed by atoms with Gasteiger partial charge in [-0.2, -0.15) is 0 Å². The summed E-state index contributed by atoms with van der Waals surface area (Å²) in [6.07, 6.45) is 3.78. The van der Waals surface area contributed by atoms with Gasteiger partial charge in [0.15, 0.2) is 0 Å². The summed E-state index contributed by atoms with van der Waals surface area (Å²) in [5, 5.41) is 3.56. The van der Waals surface area contributed by atoms with Gasteiger partial charge >= 0.3 is 0 Å². The molecule has 20 heavy (non-hydrogen) atoms. The third-order valence-corrected chi connectivity index (χ3v) is 4.47. The van der Waals surface area contributed by atoms with Crippen LogP contribution in [0, 0.1) is 5.41 Å². The average Bonchev–Trinajstić information content (AvgIpc) is 2.45. The molecule has 1 aliphatic rings. The molecule has 0 radical (unpaired) electrons. The van der Waals surface area contributed by atoms with Crippen molar-refractivity contribution in [2.75, 3.05) is 26.2 Å². The van der Waals surface area contributed by atoms with Crippen LogP contribution >= 0.6 is 0 Å². The molecular formula is C18H30N2. The third-order valence-electron chi connectivity index (χ3n) is 4.47. The Morgan fingerprint density at radius 2 is 1.95 bits per heavy atom. The number of hydrogen-bond acceptors (Lipinski definition) is 2. The van der Waals surface area contributed by atoms with Gasteiger partial charge in [-0.05, 0) is 35.9 Å². The molecule has 0 fully saturated rings. The maximum atomic E-state index is 3.56. The standard InChI is InChI=1S/C18H30N2/c1-4-11-18(3,14-19-5-2)15-20-12-10-16-8-6-7-9-17(16)13-20/h6-9,19H,4-5,10-15H2,1-3H3. The number of benzene rings is 1. The van der Waals surface area contributed by atoms with Gasteiger partial charge in [-0.15, -0.1) is 0 Å². The zero-order chi connectivity index (χ0) is 14.4. The van der Waals surface area contributed by atoms with Crippen molar-refractivity contribution in [3.8, 4) is 0 Å². The molecule has 1 N–H and O–H groups in total. The zero-order valence-electron chi connectivity index (χ0n) is 13.4. The second kappa shape index (κ2) is 7.24. The van der Waals surface area contributed by atoms with Crippen LogP contribution in [0.25, 0.3) is 0 Å². The molecule has 0 aromatic heterocycles. The summed E-state index contributed by atoms with van der Waals surface area (Å²) in [7, 11) is 0. The molecule has 0 saturated carbocycles. The maximum absolute atomic E-state index is 3.56. The summed E-state index contributed by atoms with van der Waals surface area (Å²) < 4.78 is 0. The van der Waals surface area contributed by atoms with Gasteiger partial charge in [-0.3, -0.25) is 4.90 Å². The highest BCUT2D eigenvalue weighted by molar-refractivity contribution is 5.29. The van der Waals surface area contributed by atoms with Gasteiger partial charge in [0.05, 0.1) is 0 Å². The highest BCUT2D eigenvalue weighted by atomic mass is 15.1. The predicted octanol–water partition coefficient (Wildman–Crippen LogP) is 3.46. The van der Waals surface area contributed by atoms with Crippen LogP contribution in [0.2, 0.25) is 0 Å². The van der Waals surface area contributed by atoms with Crippen molar-refractivity contribution in [2.24, 2.45) is 5.41 Å². The highest BCUT2D eigenvalue weighted by Gasteiger charge is 2.27. The zero-order valence-corrected chi connectivity index (χ0v) is 13.4. The van der Waals surface area contributed by atoms with Crippen molar-refractivity contribution in [3.63, 3.8) is 0 Å². The maximum Gasteiger partial charge on any atom is 0.0236 e. The number of rotatable bonds is 7. The predicted molar refractivity (Wildman–Crippen MR) is 87.0 cm³/mol. The van der Waals surface area contributed by atoms with Gasteiger partial charge in [0, 0.05) is 26.2 Å². The SMILES string of the molecule is CCCC(C)(CNCC)CN1CCc2ccccc2C1. The van der Waals surface area contributed by atoms with Crippen LogP contribution in [-0.4, -0.2) is 31.1 Å². The molecule has 0 bridgehead atoms. The fourth-order valence-electron chi connectivity index (χ4n) is 3.48. The van der Waals surface area contributed by atoms with E-state index in [1.165, 1.54) is 37.9 Å². The fraction of sp³-hybridized carbons (Fsp3) is 0.667. The van der Waals surface area contributed by atoms with E-state index in [9.17, 15) is 0 Å². The molecule has 1 unspecified atom stereocenters. The summed E-state index contributed by atoms with van der Waals surface area (Å²) in [6.45, 7) is 12.7. The number of fused-ring (bicyclic) bond motifs is 1. The lowest BCUT2D eigenvalue weighted by Crippen LogP contribution is -2.44. The van der Waals surface area contributed by atoms with Gasteiger partial charge in [0.25, 0.3) is 0 Å². The molecular weight excluding hydrogens is 244 g/mol. The molecule has 112 valence electrons. The number of hydrogen-bond donors (Lipinski definition) is 1. The van der Waals surface area contributed by atoms with Crippen molar-refractivity contribution < 1.29 is 0 Å². The van der Waals surface area contributed by atoms with Gasteiger partial charge in [0.2, 0.25) is 0 Å². The van der Waals surface area contributed by atoms with Crippen molar-refractivity contribution in [3.05, 3.63) is 35.4 Å². The van der Waals surface area contributed by atoms with E-state index in [0.717, 1.165) is 19.6 Å². The molecule has 0 aliphatic carbocycles. The first-order valence-corrected chi connectivity index (χ1v) is 8.17. The lowest BCUT2D eigenvalue weighted by atomic mass is 9.84. The Labute approximate surface area is 124 Å². The first kappa shape index (κ1) is 15.5. The van der Waals surface area contributed by atoms with Gasteiger partial charge in [0.1, 0.15) is 0 Å². The molecule has 2 nitrogen and oxygen atoms in total. The Morgan fingerprint density at radius 3 is 2.65 bits per heavy atom. The first-order chi connectivity index (χ1) is 9.67. The molecule has 0 saturated heterocycles. The second-order valence-corrected chi connectivity index (χ2v) is 6.57. The Bertz CT molecular complexity index is 416. The largest absolute Gasteiger partial charge is 0.316 e. The number of nitrogens with one attached hydrogen (secondary N) is 1. The minimum absolute atomic E-state index is 0.400. The Hall–Kier alpha value is -0.860. The van der Waals surface area contributed by atoms with Crippen LogP contribution in [0.1, 0.15) is 44.7 Å². The third kappa shape index (κ3) is 4.07. The minimum Gasteiger partial charge on any atom is -0.316 e. The smallest absolute Gasteiger partial charge is 0.0236 e. The molecule has 0 amide bonds. The Kier molecular flexibility index (Phi) is 5.62. The van der Waals surface area contributed by atoms with Gasteiger partial charge in [-0.25, -0.2) is 0 Å². The molecule has 2 heteroatoms. The van der Waals surface area contributed by atoms with E-state index >= 15 is 0 Å². The second-order valence-electron chi connectivity index (χ2n) is 6.57. The molecule has 1 aromatic rings. The van der Waals surface area contributed by atoms with Crippen LogP contribution in [-0.2, 0) is 13.0 Å². The van der Waals surface area contributed by atoms with E-state index in [-0.39, 0.29) is 0 Å². The molecule has 1 atom stereocenters. The summed E-state index contributed by atoms with van der Waals surface area (Å²) in [5.41, 5.74) is 3.48. The van der Waals surface area contributed by atoms with Crippen LogP contribution < -0.4 is 5.32 Å². The average molecular weight is 274 g/mol. The quantitative estimate of drug-likeness (QED) is 0.819. The molecule has 2 rings (SSSR count). The molecule has 0 spiro atoms. The van der Waals surface area contributed by atoms with Crippen molar-refractivity contribution in [1.82, 2.24) is 10.2 Å². The van der Waals surface area contributed by atoms with Crippen molar-refractivity contribution >= 4 is 0 Å². The lowest BCUT2D eigenvalue weighted by Gasteiger charge is -2.38. The normalized spacial score (nSPS) is 18.6. The van der Waals surface area contributed by atoms with E-state index < -0.39 is 0 Å². The first-order valence-electron chi connectivity index (χ1n) is 8.17. The molecule has 1 aromatic carbocycles. The van der Waals surface area contributed by atoms with E-state index in [1.807, 2.05) is 0 Å². The van der Waals surface area contributed by atoms with Crippen LogP contribution in [0.15, 0.2) is 24.3 Å². The lowest BCUT2D eigenvalue weighted by molar-refractivity contribution is 0.139. The number of nitrogens with zero attached hydrogens (tertiary/aromatic N) is 1.